The third kappa shape index (κ3) is 5.53. The van der Waals surface area contributed by atoms with Crippen molar-refractivity contribution < 1.29 is 9.53 Å². The van der Waals surface area contributed by atoms with Crippen LogP contribution in [0.2, 0.25) is 0 Å². The zero-order valence-corrected chi connectivity index (χ0v) is 5.86. The number of hydrogen-bond donors (Lipinski definition) is 0. The summed E-state index contributed by atoms with van der Waals surface area (Å²) in [7, 11) is 0. The van der Waals surface area contributed by atoms with E-state index in [1.54, 1.807) is 6.08 Å². The number of hydrogen-bond acceptors (Lipinski definition) is 2. The summed E-state index contributed by atoms with van der Waals surface area (Å²) in [6, 6.07) is 0. The Hall–Kier alpha value is -0.340. The van der Waals surface area contributed by atoms with Gasteiger partial charge < -0.3 is 4.74 Å². The maximum atomic E-state index is 10.4. The van der Waals surface area contributed by atoms with E-state index in [4.69, 9.17) is 16.3 Å². The molecule has 0 radical (unpaired) electrons. The van der Waals surface area contributed by atoms with Gasteiger partial charge in [0, 0.05) is 0 Å². The minimum Gasteiger partial charge on any atom is -0.370 e. The molecule has 0 rings (SSSR count). The molecule has 0 atom stereocenters. The third-order valence-corrected chi connectivity index (χ3v) is 0.946. The highest BCUT2D eigenvalue weighted by Gasteiger charge is 1.95. The Balaban J connectivity index is 3.06. The number of ether oxygens (including phenoxy) is 1. The van der Waals surface area contributed by atoms with Crippen LogP contribution in [0.25, 0.3) is 0 Å². The van der Waals surface area contributed by atoms with E-state index in [0.717, 1.165) is 0 Å². The first-order valence-electron chi connectivity index (χ1n) is 2.57. The summed E-state index contributed by atoms with van der Waals surface area (Å²) >= 11 is 5.18. The zero-order chi connectivity index (χ0) is 7.11. The van der Waals surface area contributed by atoms with Crippen molar-refractivity contribution in [2.45, 2.75) is 0 Å². The van der Waals surface area contributed by atoms with Crippen molar-refractivity contribution >= 4 is 17.4 Å². The number of alkyl halides is 1. The summed E-state index contributed by atoms with van der Waals surface area (Å²) < 4.78 is 4.78. The van der Waals surface area contributed by atoms with E-state index in [0.29, 0.717) is 6.61 Å². The second kappa shape index (κ2) is 5.79. The molecule has 0 aromatic heterocycles. The standard InChI is InChI=1S/C6H9ClO2/c1-2-3-9-5-6(8)4-7/h2H,1,3-5H2. The Morgan fingerprint density at radius 3 is 2.89 bits per heavy atom. The van der Waals surface area contributed by atoms with Gasteiger partial charge in [0.15, 0.2) is 5.78 Å². The molecule has 0 heterocycles. The van der Waals surface area contributed by atoms with Crippen molar-refractivity contribution in [3.8, 4) is 0 Å². The van der Waals surface area contributed by atoms with Crippen molar-refractivity contribution in [3.63, 3.8) is 0 Å². The average molecular weight is 149 g/mol. The quantitative estimate of drug-likeness (QED) is 0.330. The molecule has 0 amide bonds. The fourth-order valence-electron chi connectivity index (χ4n) is 0.295. The highest BCUT2D eigenvalue weighted by molar-refractivity contribution is 6.27. The van der Waals surface area contributed by atoms with Crippen LogP contribution >= 0.6 is 11.6 Å². The van der Waals surface area contributed by atoms with Crippen molar-refractivity contribution in [3.05, 3.63) is 12.7 Å². The molecule has 0 N–H and O–H groups in total. The molecule has 9 heavy (non-hydrogen) atoms. The summed E-state index contributed by atoms with van der Waals surface area (Å²) in [4.78, 5) is 10.4. The molecular formula is C6H9ClO2. The highest BCUT2D eigenvalue weighted by Crippen LogP contribution is 1.81. The minimum atomic E-state index is -0.0986. The van der Waals surface area contributed by atoms with Crippen LogP contribution in [0.1, 0.15) is 0 Å². The van der Waals surface area contributed by atoms with Gasteiger partial charge in [-0.25, -0.2) is 0 Å². The minimum absolute atomic E-state index is 0.0249. The number of carbonyl (C=O) groups excluding carboxylic acids is 1. The number of rotatable bonds is 5. The van der Waals surface area contributed by atoms with Gasteiger partial charge in [0.1, 0.15) is 6.61 Å². The molecular weight excluding hydrogens is 140 g/mol. The lowest BCUT2D eigenvalue weighted by atomic mass is 10.5. The maximum absolute atomic E-state index is 10.4. The zero-order valence-electron chi connectivity index (χ0n) is 5.10. The van der Waals surface area contributed by atoms with Crippen LogP contribution in [0.15, 0.2) is 12.7 Å². The number of Topliss-reactive ketones (excluding diaryl/α,β-unsaturated/α-hetero) is 1. The predicted octanol–water partition coefficient (Wildman–Crippen LogP) is 0.997. The van der Waals surface area contributed by atoms with Crippen LogP contribution in [-0.2, 0) is 9.53 Å². The first-order chi connectivity index (χ1) is 4.31. The number of carbonyl (C=O) groups is 1. The lowest BCUT2D eigenvalue weighted by Gasteiger charge is -1.94. The Morgan fingerprint density at radius 1 is 1.78 bits per heavy atom. The molecule has 0 aliphatic rings. The maximum Gasteiger partial charge on any atom is 0.173 e. The van der Waals surface area contributed by atoms with Gasteiger partial charge in [-0.2, -0.15) is 0 Å². The molecule has 0 aliphatic carbocycles. The Morgan fingerprint density at radius 2 is 2.44 bits per heavy atom. The van der Waals surface area contributed by atoms with Crippen molar-refractivity contribution in [1.29, 1.82) is 0 Å². The lowest BCUT2D eigenvalue weighted by Crippen LogP contribution is -2.09. The SMILES string of the molecule is C=CCOCC(=O)CCl. The van der Waals surface area contributed by atoms with E-state index in [-0.39, 0.29) is 18.3 Å². The highest BCUT2D eigenvalue weighted by atomic mass is 35.5. The second-order valence-corrected chi connectivity index (χ2v) is 1.74. The van der Waals surface area contributed by atoms with Crippen molar-refractivity contribution in [1.82, 2.24) is 0 Å². The fraction of sp³-hybridized carbons (Fsp3) is 0.500. The van der Waals surface area contributed by atoms with Gasteiger partial charge in [-0.05, 0) is 0 Å². The molecule has 0 unspecified atom stereocenters. The van der Waals surface area contributed by atoms with Gasteiger partial charge in [-0.3, -0.25) is 4.79 Å². The van der Waals surface area contributed by atoms with E-state index < -0.39 is 0 Å². The molecule has 0 aliphatic heterocycles. The van der Waals surface area contributed by atoms with E-state index in [2.05, 4.69) is 6.58 Å². The summed E-state index contributed by atoms with van der Waals surface area (Å²) in [6.07, 6.45) is 1.58. The monoisotopic (exact) mass is 148 g/mol. The van der Waals surface area contributed by atoms with Gasteiger partial charge in [-0.1, -0.05) is 6.08 Å². The van der Waals surface area contributed by atoms with Gasteiger partial charge in [0.2, 0.25) is 0 Å². The smallest absolute Gasteiger partial charge is 0.173 e. The first-order valence-corrected chi connectivity index (χ1v) is 3.11. The van der Waals surface area contributed by atoms with Crippen LogP contribution in [-0.4, -0.2) is 24.9 Å². The summed E-state index contributed by atoms with van der Waals surface area (Å²) in [6.45, 7) is 3.91. The van der Waals surface area contributed by atoms with E-state index in [1.807, 2.05) is 0 Å². The Kier molecular flexibility index (Phi) is 5.57. The molecule has 2 nitrogen and oxygen atoms in total. The van der Waals surface area contributed by atoms with Gasteiger partial charge in [0.05, 0.1) is 12.5 Å². The molecule has 0 aromatic carbocycles. The molecule has 0 fully saturated rings. The average Bonchev–Trinajstić information content (AvgIpc) is 1.89. The molecule has 52 valence electrons. The first kappa shape index (κ1) is 8.66. The van der Waals surface area contributed by atoms with Crippen LogP contribution in [0, 0.1) is 0 Å². The number of halogens is 1. The van der Waals surface area contributed by atoms with Crippen LogP contribution in [0.4, 0.5) is 0 Å². The summed E-state index contributed by atoms with van der Waals surface area (Å²) in [5.41, 5.74) is 0. The summed E-state index contributed by atoms with van der Waals surface area (Å²) in [5.74, 6) is -0.0737. The van der Waals surface area contributed by atoms with Gasteiger partial charge >= 0.3 is 0 Å². The topological polar surface area (TPSA) is 26.3 Å². The largest absolute Gasteiger partial charge is 0.370 e. The molecule has 3 heteroatoms. The number of ketones is 1. The predicted molar refractivity (Wildman–Crippen MR) is 36.7 cm³/mol. The molecule has 0 saturated carbocycles. The van der Waals surface area contributed by atoms with E-state index in [9.17, 15) is 4.79 Å². The molecule has 0 aromatic rings. The Labute approximate surface area is 59.5 Å². The summed E-state index contributed by atoms with van der Waals surface area (Å²) in [5, 5.41) is 0. The van der Waals surface area contributed by atoms with Gasteiger partial charge in [-0.15, -0.1) is 18.2 Å². The molecule has 0 saturated heterocycles. The van der Waals surface area contributed by atoms with Crippen molar-refractivity contribution in [2.75, 3.05) is 19.1 Å². The fourth-order valence-corrected chi connectivity index (χ4v) is 0.372. The van der Waals surface area contributed by atoms with E-state index >= 15 is 0 Å². The van der Waals surface area contributed by atoms with Crippen molar-refractivity contribution in [2.24, 2.45) is 0 Å². The van der Waals surface area contributed by atoms with Crippen LogP contribution in [0.3, 0.4) is 0 Å². The van der Waals surface area contributed by atoms with Crippen LogP contribution in [0.5, 0.6) is 0 Å². The lowest BCUT2D eigenvalue weighted by molar-refractivity contribution is -0.120. The van der Waals surface area contributed by atoms with Crippen LogP contribution < -0.4 is 0 Å². The van der Waals surface area contributed by atoms with E-state index in [1.165, 1.54) is 0 Å². The van der Waals surface area contributed by atoms with Gasteiger partial charge in [0.25, 0.3) is 0 Å². The molecule has 0 spiro atoms. The third-order valence-electron chi connectivity index (χ3n) is 0.648. The normalized spacial score (nSPS) is 9.00. The molecule has 0 bridgehead atoms. The second-order valence-electron chi connectivity index (χ2n) is 1.48. The Bertz CT molecular complexity index is 101.